The quantitative estimate of drug-likeness (QED) is 0.168. The van der Waals surface area contributed by atoms with Crippen LogP contribution in [0.3, 0.4) is 0 Å². The number of H-pyrrole nitrogens is 2. The van der Waals surface area contributed by atoms with Crippen LogP contribution in [-0.2, 0) is 19.5 Å². The van der Waals surface area contributed by atoms with Crippen molar-refractivity contribution in [2.45, 2.75) is 0 Å². The fourth-order valence-corrected chi connectivity index (χ4v) is 4.11. The van der Waals surface area contributed by atoms with E-state index in [1.54, 1.807) is 0 Å². The Morgan fingerprint density at radius 2 is 0.757 bits per heavy atom. The molecule has 1 radical (unpaired) electrons. The molecular formula is C24H14N4O8Rh. The third-order valence-corrected chi connectivity index (χ3v) is 5.61. The van der Waals surface area contributed by atoms with Crippen LogP contribution < -0.4 is 0 Å². The van der Waals surface area contributed by atoms with Crippen LogP contribution in [0.15, 0.2) is 24.3 Å². The second-order valence-electron chi connectivity index (χ2n) is 7.72. The minimum atomic E-state index is -1.40. The molecule has 2 aliphatic heterocycles. The van der Waals surface area contributed by atoms with E-state index in [2.05, 4.69) is 19.9 Å². The molecule has 0 aromatic carbocycles. The van der Waals surface area contributed by atoms with Gasteiger partial charge in [0.05, 0.1) is 44.8 Å². The minimum absolute atomic E-state index is 0. The van der Waals surface area contributed by atoms with Gasteiger partial charge in [0.25, 0.3) is 0 Å². The Balaban J connectivity index is 0.00000320. The Hall–Kier alpha value is -4.90. The van der Waals surface area contributed by atoms with E-state index in [-0.39, 0.29) is 86.6 Å². The van der Waals surface area contributed by atoms with Gasteiger partial charge in [-0.3, -0.25) is 0 Å². The summed E-state index contributed by atoms with van der Waals surface area (Å²) in [5, 5.41) is 39.5. The van der Waals surface area contributed by atoms with Gasteiger partial charge in [-0.2, -0.15) is 0 Å². The van der Waals surface area contributed by atoms with Crippen molar-refractivity contribution < 1.29 is 59.1 Å². The Labute approximate surface area is 218 Å². The molecule has 5 rings (SSSR count). The zero-order valence-electron chi connectivity index (χ0n) is 18.3. The van der Waals surface area contributed by atoms with Gasteiger partial charge in [-0.1, -0.05) is 0 Å². The zero-order valence-corrected chi connectivity index (χ0v) is 19.9. The van der Waals surface area contributed by atoms with Crippen LogP contribution in [0.2, 0.25) is 0 Å². The van der Waals surface area contributed by atoms with Gasteiger partial charge in [-0.15, -0.1) is 0 Å². The van der Waals surface area contributed by atoms with Gasteiger partial charge < -0.3 is 30.4 Å². The first-order valence-electron chi connectivity index (χ1n) is 10.2. The van der Waals surface area contributed by atoms with Crippen LogP contribution in [0, 0.1) is 0 Å². The van der Waals surface area contributed by atoms with E-state index in [4.69, 9.17) is 0 Å². The number of hydrogen-bond donors (Lipinski definition) is 6. The third kappa shape index (κ3) is 4.21. The summed E-state index contributed by atoms with van der Waals surface area (Å²) in [6.07, 6.45) is 5.26. The molecule has 0 atom stereocenters. The molecule has 0 fully saturated rings. The second kappa shape index (κ2) is 9.28. The van der Waals surface area contributed by atoms with Gasteiger partial charge in [0.2, 0.25) is 0 Å². The van der Waals surface area contributed by atoms with Crippen LogP contribution in [0.25, 0.3) is 46.4 Å². The maximum atomic E-state index is 12.1. The topological polar surface area (TPSA) is 207 Å². The van der Waals surface area contributed by atoms with E-state index in [1.165, 1.54) is 48.6 Å². The minimum Gasteiger partial charge on any atom is -0.478 e. The maximum Gasteiger partial charge on any atom is 0.340 e. The molecule has 6 N–H and O–H groups in total. The van der Waals surface area contributed by atoms with Crippen molar-refractivity contribution in [3.05, 3.63) is 69.3 Å². The van der Waals surface area contributed by atoms with Crippen LogP contribution in [0.4, 0.5) is 0 Å². The van der Waals surface area contributed by atoms with E-state index in [0.717, 1.165) is 0 Å². The number of aromatic amines is 2. The van der Waals surface area contributed by atoms with Crippen molar-refractivity contribution in [3.8, 4) is 0 Å². The van der Waals surface area contributed by atoms with Crippen molar-refractivity contribution in [2.24, 2.45) is 0 Å². The largest absolute Gasteiger partial charge is 0.478 e. The maximum absolute atomic E-state index is 12.1. The van der Waals surface area contributed by atoms with Crippen LogP contribution in [-0.4, -0.2) is 64.2 Å². The predicted octanol–water partition coefficient (Wildman–Crippen LogP) is 3.45. The third-order valence-electron chi connectivity index (χ3n) is 5.61. The molecular weight excluding hydrogens is 575 g/mol. The monoisotopic (exact) mass is 589 g/mol. The molecule has 13 heteroatoms. The van der Waals surface area contributed by atoms with Crippen molar-refractivity contribution in [2.75, 3.05) is 0 Å². The normalized spacial score (nSPS) is 11.7. The molecule has 0 saturated heterocycles. The van der Waals surface area contributed by atoms with Crippen molar-refractivity contribution in [3.63, 3.8) is 0 Å². The molecule has 187 valence electrons. The van der Waals surface area contributed by atoms with E-state index < -0.39 is 23.9 Å². The molecule has 3 aromatic rings. The van der Waals surface area contributed by atoms with Crippen molar-refractivity contribution >= 4 is 70.2 Å². The van der Waals surface area contributed by atoms with Gasteiger partial charge >= 0.3 is 23.9 Å². The fraction of sp³-hybridized carbons (Fsp3) is 0. The summed E-state index contributed by atoms with van der Waals surface area (Å²) in [6, 6.07) is 5.45. The predicted molar refractivity (Wildman–Crippen MR) is 127 cm³/mol. The van der Waals surface area contributed by atoms with Crippen LogP contribution >= 0.6 is 0 Å². The standard InChI is InChI=1S/C24H14N4O8.Rh/c29-21(30)17-9-1-2-10(25-9)18(22(31)32)12-5-6-14(27-12)20(24(35)36)16-8-7-15(28-16)19(23(33)34)13-4-3-11(17)26-13;/h1-8,25-26H,(H,29,30)(H,31,32)(H,33,34)(H,35,36);. The molecule has 0 unspecified atom stereocenters. The molecule has 0 aliphatic carbocycles. The van der Waals surface area contributed by atoms with Gasteiger partial charge in [-0.05, 0) is 48.6 Å². The number of carboxylic acids is 4. The summed E-state index contributed by atoms with van der Waals surface area (Å²) in [5.74, 6) is -5.50. The summed E-state index contributed by atoms with van der Waals surface area (Å²) in [5.41, 5.74) is -1.38. The average Bonchev–Trinajstić information content (AvgIpc) is 3.57. The molecule has 2 aliphatic rings. The second-order valence-corrected chi connectivity index (χ2v) is 7.72. The molecule has 0 spiro atoms. The van der Waals surface area contributed by atoms with Gasteiger partial charge in [0.15, 0.2) is 0 Å². The summed E-state index contributed by atoms with van der Waals surface area (Å²) in [6.45, 7) is 0. The summed E-state index contributed by atoms with van der Waals surface area (Å²) in [7, 11) is 0. The van der Waals surface area contributed by atoms with E-state index in [0.29, 0.717) is 0 Å². The Kier molecular flexibility index (Phi) is 6.32. The molecule has 37 heavy (non-hydrogen) atoms. The van der Waals surface area contributed by atoms with Crippen molar-refractivity contribution in [1.29, 1.82) is 0 Å². The number of fused-ring (bicyclic) bond motifs is 8. The smallest absolute Gasteiger partial charge is 0.340 e. The number of aromatic carboxylic acids is 4. The fourth-order valence-electron chi connectivity index (χ4n) is 4.11. The zero-order chi connectivity index (χ0) is 25.7. The molecule has 3 aromatic heterocycles. The first kappa shape index (κ1) is 25.2. The van der Waals surface area contributed by atoms with Crippen molar-refractivity contribution in [1.82, 2.24) is 19.9 Å². The number of carboxylic acid groups (broad SMARTS) is 4. The summed E-state index contributed by atoms with van der Waals surface area (Å²) >= 11 is 0. The molecule has 0 saturated carbocycles. The summed E-state index contributed by atoms with van der Waals surface area (Å²) in [4.78, 5) is 62.4. The number of nitrogens with zero attached hydrogens (tertiary/aromatic N) is 2. The molecule has 12 nitrogen and oxygen atoms in total. The Morgan fingerprint density at radius 3 is 1.05 bits per heavy atom. The number of nitrogens with one attached hydrogen (secondary N) is 2. The molecule has 8 bridgehead atoms. The van der Waals surface area contributed by atoms with Crippen LogP contribution in [0.1, 0.15) is 64.2 Å². The van der Waals surface area contributed by atoms with Gasteiger partial charge in [0, 0.05) is 19.5 Å². The van der Waals surface area contributed by atoms with E-state index >= 15 is 0 Å². The number of carbonyl (C=O) groups is 4. The number of hydrogen-bond acceptors (Lipinski definition) is 6. The SMILES string of the molecule is O=C(O)c1c2nc(c(C(=O)O)c3ccc([nH]3)c(C(=O)O)c3ccc([nH]3)c(C(=O)O)c3nc1C=C3)C=C2.[Rh]. The average molecular weight is 589 g/mol. The van der Waals surface area contributed by atoms with E-state index in [9.17, 15) is 39.6 Å². The Bertz CT molecular complexity index is 1650. The number of aromatic nitrogens is 4. The van der Waals surface area contributed by atoms with E-state index in [1.807, 2.05) is 0 Å². The first-order valence-corrected chi connectivity index (χ1v) is 10.2. The molecule has 0 amide bonds. The van der Waals surface area contributed by atoms with Gasteiger partial charge in [-0.25, -0.2) is 29.1 Å². The molecule has 5 heterocycles. The summed E-state index contributed by atoms with van der Waals surface area (Å²) < 4.78 is 0. The Morgan fingerprint density at radius 1 is 0.486 bits per heavy atom. The van der Waals surface area contributed by atoms with Gasteiger partial charge in [0.1, 0.15) is 22.3 Å². The number of rotatable bonds is 4. The first-order chi connectivity index (χ1) is 17.2. The van der Waals surface area contributed by atoms with Crippen LogP contribution in [0.5, 0.6) is 0 Å².